The smallest absolute Gasteiger partial charge is 0.251 e. The summed E-state index contributed by atoms with van der Waals surface area (Å²) in [4.78, 5) is 32.5. The molecule has 4 heterocycles. The fourth-order valence-electron chi connectivity index (χ4n) is 9.33. The van der Waals surface area contributed by atoms with Crippen LogP contribution in [0.25, 0.3) is 0 Å². The lowest BCUT2D eigenvalue weighted by atomic mass is 9.81. The number of hydrogen-bond donors (Lipinski definition) is 3. The van der Waals surface area contributed by atoms with Gasteiger partial charge in [-0.3, -0.25) is 14.3 Å². The molecule has 2 aliphatic rings. The number of anilines is 1. The molecule has 5 aromatic rings. The number of rotatable bonds is 22. The highest BCUT2D eigenvalue weighted by atomic mass is 16.5. The minimum absolute atomic E-state index is 0.0514. The van der Waals surface area contributed by atoms with Crippen LogP contribution >= 0.6 is 0 Å². The highest BCUT2D eigenvalue weighted by Crippen LogP contribution is 2.47. The fourth-order valence-corrected chi connectivity index (χ4v) is 9.33. The first-order chi connectivity index (χ1) is 32.3. The third-order valence-electron chi connectivity index (χ3n) is 12.9. The van der Waals surface area contributed by atoms with Crippen LogP contribution in [0.1, 0.15) is 111 Å². The lowest BCUT2D eigenvalue weighted by Gasteiger charge is -2.27. The normalized spacial score (nSPS) is 15.4. The van der Waals surface area contributed by atoms with Crippen LogP contribution in [0.4, 0.5) is 11.4 Å². The van der Waals surface area contributed by atoms with E-state index in [2.05, 4.69) is 149 Å². The maximum Gasteiger partial charge on any atom is 0.251 e. The molecule has 3 aromatic carbocycles. The van der Waals surface area contributed by atoms with E-state index in [0.29, 0.717) is 49.8 Å². The molecule has 2 aromatic heterocycles. The molecule has 12 heteroatoms. The van der Waals surface area contributed by atoms with Gasteiger partial charge in [0.1, 0.15) is 12.8 Å². The summed E-state index contributed by atoms with van der Waals surface area (Å²) in [6.45, 7) is 14.2. The molecule has 0 saturated carbocycles. The van der Waals surface area contributed by atoms with Gasteiger partial charge in [-0.05, 0) is 107 Å². The first-order valence-corrected chi connectivity index (χ1v) is 23.9. The van der Waals surface area contributed by atoms with Crippen molar-refractivity contribution in [3.05, 3.63) is 161 Å². The third kappa shape index (κ3) is 12.0. The zero-order valence-corrected chi connectivity index (χ0v) is 40.2. The van der Waals surface area contributed by atoms with Crippen LogP contribution in [-0.2, 0) is 35.1 Å². The van der Waals surface area contributed by atoms with Crippen molar-refractivity contribution in [1.82, 2.24) is 30.6 Å². The summed E-state index contributed by atoms with van der Waals surface area (Å²) in [5.74, 6) is 0.919. The van der Waals surface area contributed by atoms with Crippen molar-refractivity contribution in [3.8, 4) is 11.6 Å². The van der Waals surface area contributed by atoms with E-state index in [4.69, 9.17) is 10.5 Å². The Morgan fingerprint density at radius 3 is 2.42 bits per heavy atom. The second-order valence-corrected chi connectivity index (χ2v) is 18.7. The van der Waals surface area contributed by atoms with Crippen LogP contribution in [0.3, 0.4) is 0 Å². The third-order valence-corrected chi connectivity index (χ3v) is 12.9. The van der Waals surface area contributed by atoms with Crippen LogP contribution in [0.5, 0.6) is 11.6 Å². The van der Waals surface area contributed by atoms with Gasteiger partial charge in [0.25, 0.3) is 5.91 Å². The quantitative estimate of drug-likeness (QED) is 0.0354. The van der Waals surface area contributed by atoms with Crippen molar-refractivity contribution in [2.75, 3.05) is 31.6 Å². The van der Waals surface area contributed by atoms with Gasteiger partial charge in [0.05, 0.1) is 11.1 Å². The Labute approximate surface area is 396 Å². The summed E-state index contributed by atoms with van der Waals surface area (Å²) in [6, 6.07) is 28.2. The van der Waals surface area contributed by atoms with Crippen molar-refractivity contribution < 1.29 is 18.9 Å². The molecular weight excluding hydrogens is 835 g/mol. The molecular formula is C55H68N9O3+. The van der Waals surface area contributed by atoms with Gasteiger partial charge in [0.2, 0.25) is 17.5 Å². The number of nitrogens with zero attached hydrogens (tertiary/aromatic N) is 6. The molecule has 350 valence electrons. The molecule has 0 bridgehead atoms. The van der Waals surface area contributed by atoms with Crippen LogP contribution in [-0.4, -0.2) is 68.8 Å². The molecule has 2 amide bonds. The summed E-state index contributed by atoms with van der Waals surface area (Å²) in [5, 5.41) is 14.7. The zero-order valence-electron chi connectivity index (χ0n) is 40.2. The number of hydrogen-bond acceptors (Lipinski definition) is 8. The van der Waals surface area contributed by atoms with Gasteiger partial charge in [0.15, 0.2) is 5.71 Å². The molecule has 0 unspecified atom stereocenters. The number of amides is 2. The summed E-state index contributed by atoms with van der Waals surface area (Å²) >= 11 is 0. The van der Waals surface area contributed by atoms with Crippen molar-refractivity contribution in [2.24, 2.45) is 5.73 Å². The van der Waals surface area contributed by atoms with E-state index in [1.807, 2.05) is 23.9 Å². The van der Waals surface area contributed by atoms with Crippen LogP contribution in [0.15, 0.2) is 127 Å². The standard InChI is InChI=1S/C55H67N9O3/c1-40-35-41(38-56)36-52(59-40)67-44-23-19-21-42(37-44)53(66)58-31-17-16-22-43-39-63(61-60-43)33-20-32-57-51(65)30-11-8-18-34-64-48-27-15-13-25-46(48)55(4,5)50(64)29-10-7-9-28-49-54(2,3)45-24-12-14-26-47(45)62(49)6/h7,9-10,12-15,19,21,23-29,35-37,39H,8,11,16-18,20,22,30-34,38,56H2,1-6H3,(H-,57,58,65,66)/p+1. The molecule has 7 rings (SSSR count). The highest BCUT2D eigenvalue weighted by Gasteiger charge is 2.42. The van der Waals surface area contributed by atoms with Gasteiger partial charge in [-0.15, -0.1) is 5.10 Å². The number of nitrogens with one attached hydrogen (secondary N) is 2. The molecule has 0 spiro atoms. The summed E-state index contributed by atoms with van der Waals surface area (Å²) in [5.41, 5.74) is 16.6. The number of pyridine rings is 1. The number of aromatic nitrogens is 4. The molecule has 0 radical (unpaired) electrons. The Kier molecular flexibility index (Phi) is 16.0. The number of unbranched alkanes of at least 4 members (excludes halogenated alkanes) is 3. The molecule has 12 nitrogen and oxygen atoms in total. The number of ether oxygens (including phenoxy) is 1. The summed E-state index contributed by atoms with van der Waals surface area (Å²) in [7, 11) is 2.15. The van der Waals surface area contributed by atoms with E-state index in [9.17, 15) is 9.59 Å². The van der Waals surface area contributed by atoms with E-state index in [1.165, 1.54) is 33.9 Å². The number of nitrogens with two attached hydrogens (primary N) is 1. The predicted octanol–water partition coefficient (Wildman–Crippen LogP) is 9.55. The SMILES string of the molecule is Cc1cc(CN)cc(Oc2cccc(C(=O)NCCCCc3cn(CCCNC(=O)CCCCCN4C(=CC=CC=CC5=[N+](C)c6ccccc6C5(C)C)C(C)(C)c5ccccc54)nn3)c2)n1. The van der Waals surface area contributed by atoms with Crippen LogP contribution in [0.2, 0.25) is 0 Å². The predicted molar refractivity (Wildman–Crippen MR) is 268 cm³/mol. The van der Waals surface area contributed by atoms with Gasteiger partial charge in [-0.2, -0.15) is 4.58 Å². The van der Waals surface area contributed by atoms with Gasteiger partial charge in [-0.1, -0.05) is 86.2 Å². The lowest BCUT2D eigenvalue weighted by molar-refractivity contribution is -0.401. The second kappa shape index (κ2) is 22.2. The number of allylic oxidation sites excluding steroid dienone is 6. The Morgan fingerprint density at radius 1 is 0.806 bits per heavy atom. The molecule has 67 heavy (non-hydrogen) atoms. The number of aryl methyl sites for hydroxylation is 3. The Bertz CT molecular complexity index is 2650. The second-order valence-electron chi connectivity index (χ2n) is 18.7. The number of para-hydroxylation sites is 2. The van der Waals surface area contributed by atoms with Crippen molar-refractivity contribution in [3.63, 3.8) is 0 Å². The monoisotopic (exact) mass is 903 g/mol. The average Bonchev–Trinajstić information content (AvgIpc) is 3.92. The number of carbonyl (C=O) groups excluding carboxylic acids is 2. The van der Waals surface area contributed by atoms with E-state index in [0.717, 1.165) is 68.4 Å². The van der Waals surface area contributed by atoms with Crippen LogP contribution < -0.4 is 26.0 Å². The zero-order chi connectivity index (χ0) is 47.4. The average molecular weight is 903 g/mol. The van der Waals surface area contributed by atoms with Gasteiger partial charge < -0.3 is 26.0 Å². The molecule has 0 aliphatic carbocycles. The first-order valence-electron chi connectivity index (χ1n) is 23.9. The Hall–Kier alpha value is -6.66. The number of benzene rings is 3. The molecule has 0 fully saturated rings. The topological polar surface area (TPSA) is 143 Å². The number of fused-ring (bicyclic) bond motifs is 2. The van der Waals surface area contributed by atoms with E-state index in [-0.39, 0.29) is 22.6 Å². The number of carbonyl (C=O) groups is 2. The van der Waals surface area contributed by atoms with Gasteiger partial charge >= 0.3 is 0 Å². The molecule has 0 saturated heterocycles. The van der Waals surface area contributed by atoms with Crippen LogP contribution in [0, 0.1) is 6.92 Å². The van der Waals surface area contributed by atoms with E-state index in [1.54, 1.807) is 30.3 Å². The Morgan fingerprint density at radius 2 is 1.60 bits per heavy atom. The minimum Gasteiger partial charge on any atom is -0.439 e. The highest BCUT2D eigenvalue weighted by molar-refractivity contribution is 6.03. The van der Waals surface area contributed by atoms with Gasteiger partial charge in [0, 0.05) is 97.2 Å². The van der Waals surface area contributed by atoms with Crippen molar-refractivity contribution in [1.29, 1.82) is 0 Å². The molecule has 2 aliphatic heterocycles. The maximum atomic E-state index is 12.8. The van der Waals surface area contributed by atoms with E-state index < -0.39 is 0 Å². The molecule has 0 atom stereocenters. The van der Waals surface area contributed by atoms with E-state index >= 15 is 0 Å². The summed E-state index contributed by atoms with van der Waals surface area (Å²) in [6.07, 6.45) is 19.5. The Balaban J connectivity index is 0.773. The van der Waals surface area contributed by atoms with Gasteiger partial charge in [-0.25, -0.2) is 4.98 Å². The fraction of sp³-hybridized carbons (Fsp3) is 0.382. The maximum absolute atomic E-state index is 12.8. The lowest BCUT2D eigenvalue weighted by Crippen LogP contribution is -2.27. The largest absolute Gasteiger partial charge is 0.439 e. The van der Waals surface area contributed by atoms with Crippen molar-refractivity contribution >= 4 is 28.9 Å². The van der Waals surface area contributed by atoms with Crippen molar-refractivity contribution in [2.45, 2.75) is 110 Å². The first kappa shape index (κ1) is 48.3. The minimum atomic E-state index is -0.157. The molecule has 4 N–H and O–H groups in total. The summed E-state index contributed by atoms with van der Waals surface area (Å²) < 4.78 is 10.1.